The molecule has 1 saturated carbocycles. The summed E-state index contributed by atoms with van der Waals surface area (Å²) < 4.78 is 0. The lowest BCUT2D eigenvalue weighted by Crippen LogP contribution is -2.24. The van der Waals surface area contributed by atoms with E-state index in [1.165, 1.54) is 36.0 Å². The van der Waals surface area contributed by atoms with Crippen LogP contribution in [0.5, 0.6) is 0 Å². The van der Waals surface area contributed by atoms with Gasteiger partial charge < -0.3 is 10.6 Å². The van der Waals surface area contributed by atoms with Crippen LogP contribution in [0.15, 0.2) is 30.0 Å². The Labute approximate surface area is 115 Å². The monoisotopic (exact) mass is 258 g/mol. The fourth-order valence-corrected chi connectivity index (χ4v) is 2.30. The maximum Gasteiger partial charge on any atom is 0.323 e. The molecule has 0 spiro atoms. The highest BCUT2D eigenvalue weighted by molar-refractivity contribution is 5.90. The molecule has 19 heavy (non-hydrogen) atoms. The van der Waals surface area contributed by atoms with Crippen molar-refractivity contribution < 1.29 is 4.79 Å². The van der Waals surface area contributed by atoms with E-state index in [-0.39, 0.29) is 6.03 Å². The van der Waals surface area contributed by atoms with Gasteiger partial charge in [0.15, 0.2) is 0 Å². The fourth-order valence-electron chi connectivity index (χ4n) is 2.30. The Hall–Kier alpha value is -1.77. The van der Waals surface area contributed by atoms with Crippen molar-refractivity contribution in [2.24, 2.45) is 0 Å². The summed E-state index contributed by atoms with van der Waals surface area (Å²) in [6.07, 6.45) is 7.90. The zero-order valence-corrected chi connectivity index (χ0v) is 11.8. The smallest absolute Gasteiger partial charge is 0.314 e. The van der Waals surface area contributed by atoms with Crippen molar-refractivity contribution in [1.82, 2.24) is 5.32 Å². The van der Waals surface area contributed by atoms with Gasteiger partial charge >= 0.3 is 6.03 Å². The summed E-state index contributed by atoms with van der Waals surface area (Å²) >= 11 is 0. The van der Waals surface area contributed by atoms with Gasteiger partial charge in [-0.1, -0.05) is 18.1 Å². The van der Waals surface area contributed by atoms with E-state index in [4.69, 9.17) is 0 Å². The summed E-state index contributed by atoms with van der Waals surface area (Å²) in [7, 11) is 0. The number of aryl methyl sites for hydroxylation is 2. The summed E-state index contributed by atoms with van der Waals surface area (Å²) in [6.45, 7) is 4.11. The van der Waals surface area contributed by atoms with E-state index in [0.29, 0.717) is 0 Å². The number of allylic oxidation sites excluding steroid dienone is 1. The van der Waals surface area contributed by atoms with E-state index in [2.05, 4.69) is 17.6 Å². The molecule has 102 valence electrons. The zero-order chi connectivity index (χ0) is 13.7. The average molecular weight is 258 g/mol. The van der Waals surface area contributed by atoms with Gasteiger partial charge in [0.25, 0.3) is 0 Å². The molecule has 0 heterocycles. The maximum atomic E-state index is 11.8. The Morgan fingerprint density at radius 3 is 2.53 bits per heavy atom. The molecule has 0 aromatic heterocycles. The van der Waals surface area contributed by atoms with Crippen LogP contribution in [-0.2, 0) is 0 Å². The van der Waals surface area contributed by atoms with Crippen molar-refractivity contribution in [3.63, 3.8) is 0 Å². The molecule has 2 amide bonds. The van der Waals surface area contributed by atoms with Crippen molar-refractivity contribution in [2.45, 2.75) is 46.0 Å². The number of carbonyl (C=O) groups is 1. The molecule has 1 aromatic carbocycles. The lowest BCUT2D eigenvalue weighted by molar-refractivity contribution is 0.255. The minimum atomic E-state index is -0.165. The van der Waals surface area contributed by atoms with Crippen molar-refractivity contribution in [2.75, 3.05) is 5.32 Å². The third-order valence-electron chi connectivity index (χ3n) is 3.67. The molecule has 0 atom stereocenters. The van der Waals surface area contributed by atoms with Crippen molar-refractivity contribution in [3.05, 3.63) is 41.1 Å². The quantitative estimate of drug-likeness (QED) is 0.817. The Kier molecular flexibility index (Phi) is 4.61. The van der Waals surface area contributed by atoms with Crippen LogP contribution in [0.25, 0.3) is 0 Å². The minimum absolute atomic E-state index is 0.165. The van der Waals surface area contributed by atoms with E-state index in [0.717, 1.165) is 18.5 Å². The summed E-state index contributed by atoms with van der Waals surface area (Å²) in [4.78, 5) is 11.8. The molecule has 0 aliphatic heterocycles. The van der Waals surface area contributed by atoms with E-state index in [1.807, 2.05) is 31.3 Å². The van der Waals surface area contributed by atoms with Gasteiger partial charge in [-0.25, -0.2) is 4.79 Å². The number of anilines is 1. The highest BCUT2D eigenvalue weighted by Crippen LogP contribution is 2.21. The van der Waals surface area contributed by atoms with Crippen molar-refractivity contribution >= 4 is 11.7 Å². The first-order chi connectivity index (χ1) is 9.15. The van der Waals surface area contributed by atoms with Gasteiger partial charge in [0.05, 0.1) is 0 Å². The van der Waals surface area contributed by atoms with Crippen LogP contribution in [0.1, 0.15) is 43.2 Å². The summed E-state index contributed by atoms with van der Waals surface area (Å²) in [5.74, 6) is 0. The summed E-state index contributed by atoms with van der Waals surface area (Å²) in [6, 6.07) is 5.77. The molecule has 3 nitrogen and oxygen atoms in total. The number of benzene rings is 1. The van der Waals surface area contributed by atoms with Gasteiger partial charge in [-0.3, -0.25) is 0 Å². The molecule has 2 rings (SSSR count). The Balaban J connectivity index is 1.88. The van der Waals surface area contributed by atoms with Gasteiger partial charge in [-0.15, -0.1) is 0 Å². The largest absolute Gasteiger partial charge is 0.323 e. The van der Waals surface area contributed by atoms with E-state index < -0.39 is 0 Å². The number of nitrogens with one attached hydrogen (secondary N) is 2. The van der Waals surface area contributed by atoms with Gasteiger partial charge in [0.1, 0.15) is 0 Å². The number of hydrogen-bond acceptors (Lipinski definition) is 1. The third-order valence-corrected chi connectivity index (χ3v) is 3.67. The molecule has 0 unspecified atom stereocenters. The zero-order valence-electron chi connectivity index (χ0n) is 11.8. The lowest BCUT2D eigenvalue weighted by Gasteiger charge is -2.13. The Morgan fingerprint density at radius 1 is 1.11 bits per heavy atom. The van der Waals surface area contributed by atoms with E-state index in [9.17, 15) is 4.79 Å². The van der Waals surface area contributed by atoms with Crippen molar-refractivity contribution in [1.29, 1.82) is 0 Å². The molecule has 0 saturated heterocycles. The molecule has 2 N–H and O–H groups in total. The Bertz CT molecular complexity index is 484. The SMILES string of the molecule is Cc1ccc(NC(=O)NC=C2CCCCC2)cc1C. The second kappa shape index (κ2) is 6.41. The van der Waals surface area contributed by atoms with Crippen molar-refractivity contribution in [3.8, 4) is 0 Å². The summed E-state index contributed by atoms with van der Waals surface area (Å²) in [5.41, 5.74) is 4.60. The number of rotatable bonds is 2. The van der Waals surface area contributed by atoms with Crippen LogP contribution < -0.4 is 10.6 Å². The third kappa shape index (κ3) is 4.12. The van der Waals surface area contributed by atoms with Gasteiger partial charge in [-0.2, -0.15) is 0 Å². The van der Waals surface area contributed by atoms with E-state index in [1.54, 1.807) is 0 Å². The minimum Gasteiger partial charge on any atom is -0.314 e. The molecule has 1 aliphatic carbocycles. The van der Waals surface area contributed by atoms with Gasteiger partial charge in [0, 0.05) is 11.9 Å². The van der Waals surface area contributed by atoms with E-state index >= 15 is 0 Å². The summed E-state index contributed by atoms with van der Waals surface area (Å²) in [5, 5.41) is 5.68. The molecule has 0 bridgehead atoms. The highest BCUT2D eigenvalue weighted by Gasteiger charge is 2.06. The predicted molar refractivity (Wildman–Crippen MR) is 79.2 cm³/mol. The number of amides is 2. The van der Waals surface area contributed by atoms with Crippen LogP contribution >= 0.6 is 0 Å². The van der Waals surface area contributed by atoms with Crippen LogP contribution in [-0.4, -0.2) is 6.03 Å². The van der Waals surface area contributed by atoms with Crippen LogP contribution in [0.2, 0.25) is 0 Å². The van der Waals surface area contributed by atoms with Crippen LogP contribution in [0.3, 0.4) is 0 Å². The molecular formula is C16H22N2O. The van der Waals surface area contributed by atoms with Crippen LogP contribution in [0.4, 0.5) is 10.5 Å². The standard InChI is InChI=1S/C16H22N2O/c1-12-8-9-15(10-13(12)2)18-16(19)17-11-14-6-4-3-5-7-14/h8-11H,3-7H2,1-2H3,(H2,17,18,19). The van der Waals surface area contributed by atoms with Gasteiger partial charge in [0.2, 0.25) is 0 Å². The first kappa shape index (κ1) is 13.7. The first-order valence-corrected chi connectivity index (χ1v) is 6.98. The molecule has 0 radical (unpaired) electrons. The van der Waals surface area contributed by atoms with Crippen LogP contribution in [0, 0.1) is 13.8 Å². The number of urea groups is 1. The highest BCUT2D eigenvalue weighted by atomic mass is 16.2. The van der Waals surface area contributed by atoms with Gasteiger partial charge in [-0.05, 0) is 62.8 Å². The first-order valence-electron chi connectivity index (χ1n) is 6.98. The molecule has 1 aliphatic rings. The Morgan fingerprint density at radius 2 is 1.84 bits per heavy atom. The number of carbonyl (C=O) groups excluding carboxylic acids is 1. The molecular weight excluding hydrogens is 236 g/mol. The fraction of sp³-hybridized carbons (Fsp3) is 0.438. The normalized spacial score (nSPS) is 14.9. The molecule has 1 fully saturated rings. The maximum absolute atomic E-state index is 11.8. The number of hydrogen-bond donors (Lipinski definition) is 2. The lowest BCUT2D eigenvalue weighted by atomic mass is 9.96. The second-order valence-electron chi connectivity index (χ2n) is 5.26. The second-order valence-corrected chi connectivity index (χ2v) is 5.26. The topological polar surface area (TPSA) is 41.1 Å². The average Bonchev–Trinajstić information content (AvgIpc) is 2.42. The predicted octanol–water partition coefficient (Wildman–Crippen LogP) is 4.27. The molecule has 3 heteroatoms. The molecule has 1 aromatic rings.